The molecule has 1 amide bonds. The summed E-state index contributed by atoms with van der Waals surface area (Å²) in [6, 6.07) is -0.864. The summed E-state index contributed by atoms with van der Waals surface area (Å²) in [6.45, 7) is 4.86. The Morgan fingerprint density at radius 2 is 0.611 bits per heavy atom. The predicted molar refractivity (Wildman–Crippen MR) is 397 cm³/mol. The molecule has 90 heavy (non-hydrogen) atoms. The van der Waals surface area contributed by atoms with Gasteiger partial charge in [-0.05, 0) is 57.8 Å². The second-order valence-electron chi connectivity index (χ2n) is 29.1. The Morgan fingerprint density at radius 1 is 0.367 bits per heavy atom. The number of allylic oxidation sites excluding steroid dienone is 5. The summed E-state index contributed by atoms with van der Waals surface area (Å²) < 4.78 is 23.9. The molecule has 0 fully saturated rings. The summed E-state index contributed by atoms with van der Waals surface area (Å²) >= 11 is 0. The monoisotopic (exact) mass is 1290 g/mol. The van der Waals surface area contributed by atoms with Gasteiger partial charge in [-0.2, -0.15) is 0 Å². The summed E-state index contributed by atoms with van der Waals surface area (Å²) in [5, 5.41) is 14.0. The van der Waals surface area contributed by atoms with Crippen molar-refractivity contribution in [1.82, 2.24) is 5.32 Å². The highest BCUT2D eigenvalue weighted by molar-refractivity contribution is 7.47. The molecular weight excluding hydrogens is 1130 g/mol. The molecule has 0 aromatic heterocycles. The van der Waals surface area contributed by atoms with Crippen LogP contribution >= 0.6 is 7.82 Å². The molecule has 0 aliphatic carbocycles. The zero-order valence-corrected chi connectivity index (χ0v) is 62.3. The van der Waals surface area contributed by atoms with Crippen LogP contribution in [-0.4, -0.2) is 73.4 Å². The number of phosphoric ester groups is 1. The van der Waals surface area contributed by atoms with Gasteiger partial charge in [0.15, 0.2) is 0 Å². The molecule has 3 unspecified atom stereocenters. The molecule has 9 heteroatoms. The standard InChI is InChI=1S/C81H159N2O6P/c1-6-8-10-12-14-16-18-20-22-24-26-28-30-32-34-36-37-38-39-40-41-42-43-44-45-47-49-51-53-55-57-59-61-63-65-67-69-71-73-75-81(85)82-79(78-89-90(86,87)88-77-76-83(3,4)5)80(84)74-72-70-68-66-64-62-60-58-56-54-52-50-48-46-35-33-31-29-27-25-23-21-19-17-15-13-11-9-7-2/h24,26,64,66,72,74,79-80,84H,6-23,25,27-63,65,67-71,73,75-78H2,1-5H3,(H-,82,85,86,87)/p+1/b26-24-,66-64+,74-72+. The maximum absolute atomic E-state index is 13.1. The minimum atomic E-state index is -4.36. The maximum atomic E-state index is 13.1. The lowest BCUT2D eigenvalue weighted by Gasteiger charge is -2.25. The molecule has 0 aliphatic rings. The Kier molecular flexibility index (Phi) is 71.0. The average Bonchev–Trinajstić information content (AvgIpc) is 3.72. The first-order chi connectivity index (χ1) is 44.0. The van der Waals surface area contributed by atoms with E-state index in [9.17, 15) is 19.4 Å². The molecule has 3 N–H and O–H groups in total. The minimum absolute atomic E-state index is 0.0586. The van der Waals surface area contributed by atoms with Gasteiger partial charge >= 0.3 is 7.82 Å². The average molecular weight is 1290 g/mol. The Morgan fingerprint density at radius 3 is 0.889 bits per heavy atom. The van der Waals surface area contributed by atoms with Crippen molar-refractivity contribution < 1.29 is 32.9 Å². The van der Waals surface area contributed by atoms with E-state index in [-0.39, 0.29) is 19.1 Å². The van der Waals surface area contributed by atoms with Gasteiger partial charge in [0.05, 0.1) is 39.9 Å². The third kappa shape index (κ3) is 74.1. The van der Waals surface area contributed by atoms with Crippen LogP contribution in [0.3, 0.4) is 0 Å². The zero-order valence-electron chi connectivity index (χ0n) is 61.4. The number of aliphatic hydroxyl groups excluding tert-OH is 1. The van der Waals surface area contributed by atoms with Crippen LogP contribution in [0.25, 0.3) is 0 Å². The second-order valence-corrected chi connectivity index (χ2v) is 30.6. The molecule has 0 rings (SSSR count). The van der Waals surface area contributed by atoms with Crippen molar-refractivity contribution in [1.29, 1.82) is 0 Å². The van der Waals surface area contributed by atoms with Crippen LogP contribution < -0.4 is 5.32 Å². The van der Waals surface area contributed by atoms with Crippen LogP contribution in [0.1, 0.15) is 425 Å². The first-order valence-electron chi connectivity index (χ1n) is 40.4. The van der Waals surface area contributed by atoms with E-state index >= 15 is 0 Å². The number of aliphatic hydroxyl groups is 1. The number of quaternary nitrogens is 1. The van der Waals surface area contributed by atoms with Crippen LogP contribution in [0.4, 0.5) is 0 Å². The molecule has 0 saturated heterocycles. The van der Waals surface area contributed by atoms with Crippen molar-refractivity contribution in [2.75, 3.05) is 40.9 Å². The quantitative estimate of drug-likeness (QED) is 0.0243. The number of nitrogens with one attached hydrogen (secondary N) is 1. The number of nitrogens with zero attached hydrogens (tertiary/aromatic N) is 1. The molecule has 8 nitrogen and oxygen atoms in total. The summed E-state index contributed by atoms with van der Waals surface area (Å²) in [5.41, 5.74) is 0. The number of hydrogen-bond acceptors (Lipinski definition) is 5. The summed E-state index contributed by atoms with van der Waals surface area (Å²) in [6.07, 6.45) is 97.9. The van der Waals surface area contributed by atoms with E-state index in [2.05, 4.69) is 43.5 Å². The fraction of sp³-hybridized carbons (Fsp3) is 0.914. The maximum Gasteiger partial charge on any atom is 0.472 e. The number of unbranched alkanes of at least 4 members (excludes halogenated alkanes) is 59. The highest BCUT2D eigenvalue weighted by Gasteiger charge is 2.28. The molecule has 3 atom stereocenters. The van der Waals surface area contributed by atoms with Crippen LogP contribution in [-0.2, 0) is 18.4 Å². The first-order valence-corrected chi connectivity index (χ1v) is 41.9. The number of carbonyl (C=O) groups excluding carboxylic acids is 1. The highest BCUT2D eigenvalue weighted by atomic mass is 31.2. The lowest BCUT2D eigenvalue weighted by atomic mass is 10.0. The van der Waals surface area contributed by atoms with Crippen LogP contribution in [0.2, 0.25) is 0 Å². The second kappa shape index (κ2) is 72.0. The Balaban J connectivity index is 3.94. The van der Waals surface area contributed by atoms with Crippen LogP contribution in [0, 0.1) is 0 Å². The van der Waals surface area contributed by atoms with Crippen LogP contribution in [0.15, 0.2) is 36.5 Å². The fourth-order valence-corrected chi connectivity index (χ4v) is 13.3. The molecular formula is C81H160N2O6P+. The van der Waals surface area contributed by atoms with Gasteiger partial charge in [-0.25, -0.2) is 4.57 Å². The van der Waals surface area contributed by atoms with Gasteiger partial charge in [-0.1, -0.05) is 397 Å². The predicted octanol–water partition coefficient (Wildman–Crippen LogP) is 26.3. The number of rotatable bonds is 76. The lowest BCUT2D eigenvalue weighted by Crippen LogP contribution is -2.45. The van der Waals surface area contributed by atoms with E-state index in [1.165, 1.54) is 366 Å². The largest absolute Gasteiger partial charge is 0.472 e. The van der Waals surface area contributed by atoms with Crippen molar-refractivity contribution in [3.63, 3.8) is 0 Å². The van der Waals surface area contributed by atoms with E-state index in [0.717, 1.165) is 38.5 Å². The molecule has 0 aromatic carbocycles. The molecule has 0 aliphatic heterocycles. The van der Waals surface area contributed by atoms with E-state index < -0.39 is 20.0 Å². The fourth-order valence-electron chi connectivity index (χ4n) is 12.6. The number of amides is 1. The number of hydrogen-bond donors (Lipinski definition) is 3. The van der Waals surface area contributed by atoms with Gasteiger partial charge in [-0.3, -0.25) is 13.8 Å². The van der Waals surface area contributed by atoms with Gasteiger partial charge in [0.25, 0.3) is 0 Å². The van der Waals surface area contributed by atoms with Crippen molar-refractivity contribution in [2.45, 2.75) is 437 Å². The molecule has 0 saturated carbocycles. The van der Waals surface area contributed by atoms with Gasteiger partial charge in [0, 0.05) is 6.42 Å². The van der Waals surface area contributed by atoms with Crippen molar-refractivity contribution in [3.05, 3.63) is 36.5 Å². The summed E-state index contributed by atoms with van der Waals surface area (Å²) in [5.74, 6) is -0.177. The van der Waals surface area contributed by atoms with Crippen molar-refractivity contribution in [2.24, 2.45) is 0 Å². The lowest BCUT2D eigenvalue weighted by molar-refractivity contribution is -0.870. The Bertz CT molecular complexity index is 1560. The van der Waals surface area contributed by atoms with E-state index in [0.29, 0.717) is 17.4 Å². The summed E-state index contributed by atoms with van der Waals surface area (Å²) in [4.78, 5) is 23.5. The third-order valence-corrected chi connectivity index (χ3v) is 19.8. The Labute approximate surface area is 563 Å². The Hall–Kier alpha value is -1.28. The number of carbonyl (C=O) groups is 1. The molecule has 0 spiro atoms. The summed E-state index contributed by atoms with van der Waals surface area (Å²) in [7, 11) is 1.58. The molecule has 0 aromatic rings. The minimum Gasteiger partial charge on any atom is -0.387 e. The molecule has 0 heterocycles. The van der Waals surface area contributed by atoms with Gasteiger partial charge in [-0.15, -0.1) is 0 Å². The van der Waals surface area contributed by atoms with Crippen molar-refractivity contribution >= 4 is 13.7 Å². The van der Waals surface area contributed by atoms with Crippen LogP contribution in [0.5, 0.6) is 0 Å². The van der Waals surface area contributed by atoms with Gasteiger partial charge in [0.1, 0.15) is 13.2 Å². The number of phosphoric acid groups is 1. The molecule has 534 valence electrons. The third-order valence-electron chi connectivity index (χ3n) is 18.8. The zero-order chi connectivity index (χ0) is 65.5. The molecule has 0 radical (unpaired) electrons. The highest BCUT2D eigenvalue weighted by Crippen LogP contribution is 2.43. The SMILES string of the molecule is CCCCCCCCCC/C=C\CCCCCCCCCCCCCCCCCCCCCCCCCCCCCC(=O)NC(COP(=O)(O)OCC[N+](C)(C)C)C(O)/C=C/CC/C=C/CCCCCCCCCCCCCCCCCCCCCCCCC. The van der Waals surface area contributed by atoms with Crippen molar-refractivity contribution in [3.8, 4) is 0 Å². The van der Waals surface area contributed by atoms with E-state index in [1.54, 1.807) is 6.08 Å². The number of likely N-dealkylation sites (N-methyl/N-ethyl adjacent to an activating group) is 1. The van der Waals surface area contributed by atoms with E-state index in [4.69, 9.17) is 9.05 Å². The first kappa shape index (κ1) is 88.7. The van der Waals surface area contributed by atoms with Gasteiger partial charge < -0.3 is 19.8 Å². The smallest absolute Gasteiger partial charge is 0.387 e. The van der Waals surface area contributed by atoms with Gasteiger partial charge in [0.2, 0.25) is 5.91 Å². The molecule has 0 bridgehead atoms. The normalized spacial score (nSPS) is 13.6. The topological polar surface area (TPSA) is 105 Å². The van der Waals surface area contributed by atoms with E-state index in [1.807, 2.05) is 27.2 Å².